The summed E-state index contributed by atoms with van der Waals surface area (Å²) in [6, 6.07) is 4.52. The number of fused-ring (bicyclic) bond motifs is 1. The number of benzene rings is 1. The fourth-order valence-electron chi connectivity index (χ4n) is 2.34. The van der Waals surface area contributed by atoms with Crippen molar-refractivity contribution in [1.29, 1.82) is 0 Å². The number of carbonyl (C=O) groups excluding carboxylic acids is 1. The molecule has 3 rings (SSSR count). The summed E-state index contributed by atoms with van der Waals surface area (Å²) in [7, 11) is 0. The Bertz CT molecular complexity index is 800. The first-order chi connectivity index (χ1) is 12.1. The lowest BCUT2D eigenvalue weighted by atomic mass is 10.1. The van der Waals surface area contributed by atoms with E-state index >= 15 is 0 Å². The number of ether oxygens (including phenoxy) is 3. The van der Waals surface area contributed by atoms with Crippen molar-refractivity contribution < 1.29 is 23.9 Å². The molecule has 0 fully saturated rings. The van der Waals surface area contributed by atoms with E-state index in [-0.39, 0.29) is 25.7 Å². The second-order valence-corrected chi connectivity index (χ2v) is 5.16. The first kappa shape index (κ1) is 16.7. The molecule has 0 unspecified atom stereocenters. The fourth-order valence-corrected chi connectivity index (χ4v) is 2.34. The van der Waals surface area contributed by atoms with Crippen LogP contribution in [0.4, 0.5) is 5.69 Å². The average molecular weight is 345 g/mol. The second-order valence-electron chi connectivity index (χ2n) is 5.16. The Morgan fingerprint density at radius 1 is 1.48 bits per heavy atom. The summed E-state index contributed by atoms with van der Waals surface area (Å²) in [6.45, 7) is 0.883. The number of hydrogen-bond donors (Lipinski definition) is 0. The van der Waals surface area contributed by atoms with Crippen LogP contribution in [-0.4, -0.2) is 34.1 Å². The summed E-state index contributed by atoms with van der Waals surface area (Å²) < 4.78 is 17.2. The SMILES string of the molecule is O=C(/C=C\c1cc([N+](=O)[O-])cc2c1OCOC2)OCCn1cccn1. The number of nitrogens with zero attached hydrogens (tertiary/aromatic N) is 3. The van der Waals surface area contributed by atoms with Gasteiger partial charge in [0.2, 0.25) is 0 Å². The zero-order valence-corrected chi connectivity index (χ0v) is 13.2. The van der Waals surface area contributed by atoms with Crippen molar-refractivity contribution in [2.24, 2.45) is 0 Å². The molecule has 0 radical (unpaired) electrons. The first-order valence-electron chi connectivity index (χ1n) is 7.47. The summed E-state index contributed by atoms with van der Waals surface area (Å²) in [4.78, 5) is 22.3. The first-order valence-corrected chi connectivity index (χ1v) is 7.47. The molecule has 0 atom stereocenters. The highest BCUT2D eigenvalue weighted by Gasteiger charge is 2.19. The van der Waals surface area contributed by atoms with Crippen molar-refractivity contribution >= 4 is 17.7 Å². The maximum atomic E-state index is 11.8. The zero-order valence-electron chi connectivity index (χ0n) is 13.2. The minimum atomic E-state index is -0.556. The van der Waals surface area contributed by atoms with Gasteiger partial charge >= 0.3 is 5.97 Å². The third-order valence-electron chi connectivity index (χ3n) is 3.46. The van der Waals surface area contributed by atoms with E-state index in [0.717, 1.165) is 0 Å². The number of nitro groups is 1. The number of rotatable bonds is 6. The van der Waals surface area contributed by atoms with Crippen LogP contribution in [0.5, 0.6) is 5.75 Å². The van der Waals surface area contributed by atoms with Gasteiger partial charge < -0.3 is 14.2 Å². The Kier molecular flexibility index (Phi) is 5.05. The normalized spacial score (nSPS) is 13.3. The minimum Gasteiger partial charge on any atom is -0.467 e. The summed E-state index contributed by atoms with van der Waals surface area (Å²) >= 11 is 0. The van der Waals surface area contributed by atoms with Crippen LogP contribution in [0.2, 0.25) is 0 Å². The zero-order chi connectivity index (χ0) is 17.6. The van der Waals surface area contributed by atoms with E-state index in [9.17, 15) is 14.9 Å². The monoisotopic (exact) mass is 345 g/mol. The molecule has 1 aliphatic rings. The minimum absolute atomic E-state index is 0.0555. The van der Waals surface area contributed by atoms with Gasteiger partial charge in [0.25, 0.3) is 5.69 Å². The van der Waals surface area contributed by atoms with Crippen molar-refractivity contribution in [2.45, 2.75) is 13.2 Å². The van der Waals surface area contributed by atoms with Gasteiger partial charge in [-0.25, -0.2) is 4.79 Å². The van der Waals surface area contributed by atoms with Gasteiger partial charge in [-0.15, -0.1) is 0 Å². The molecule has 0 amide bonds. The van der Waals surface area contributed by atoms with Gasteiger partial charge in [-0.05, 0) is 12.1 Å². The summed E-state index contributed by atoms with van der Waals surface area (Å²) in [5.41, 5.74) is 0.892. The van der Waals surface area contributed by atoms with Crippen LogP contribution < -0.4 is 4.74 Å². The van der Waals surface area contributed by atoms with Gasteiger partial charge in [0.1, 0.15) is 12.4 Å². The molecule has 25 heavy (non-hydrogen) atoms. The molecule has 2 aromatic rings. The smallest absolute Gasteiger partial charge is 0.330 e. The number of esters is 1. The molecular formula is C16H15N3O6. The number of nitro benzene ring substituents is 1. The van der Waals surface area contributed by atoms with Crippen molar-refractivity contribution in [3.8, 4) is 5.75 Å². The molecule has 1 aromatic heterocycles. The van der Waals surface area contributed by atoms with Crippen LogP contribution in [0.15, 0.2) is 36.7 Å². The molecule has 130 valence electrons. The maximum absolute atomic E-state index is 11.8. The molecule has 9 nitrogen and oxygen atoms in total. The van der Waals surface area contributed by atoms with Gasteiger partial charge in [-0.2, -0.15) is 5.10 Å². The molecule has 0 saturated carbocycles. The summed E-state index contributed by atoms with van der Waals surface area (Å²) in [5.74, 6) is -0.0862. The van der Waals surface area contributed by atoms with Crippen molar-refractivity contribution in [3.05, 3.63) is 57.9 Å². The number of non-ortho nitro benzene ring substituents is 1. The highest BCUT2D eigenvalue weighted by Crippen LogP contribution is 2.33. The number of hydrogen-bond acceptors (Lipinski definition) is 7. The quantitative estimate of drug-likeness (QED) is 0.341. The second kappa shape index (κ2) is 7.58. The molecule has 0 N–H and O–H groups in total. The summed E-state index contributed by atoms with van der Waals surface area (Å²) in [5, 5.41) is 15.0. The molecule has 1 aromatic carbocycles. The lowest BCUT2D eigenvalue weighted by molar-refractivity contribution is -0.385. The molecule has 0 spiro atoms. The summed E-state index contributed by atoms with van der Waals surface area (Å²) in [6.07, 6.45) is 6.05. The van der Waals surface area contributed by atoms with E-state index in [1.165, 1.54) is 24.3 Å². The lowest BCUT2D eigenvalue weighted by Gasteiger charge is -2.19. The molecule has 0 aliphatic carbocycles. The largest absolute Gasteiger partial charge is 0.467 e. The highest BCUT2D eigenvalue weighted by atomic mass is 16.7. The third kappa shape index (κ3) is 4.21. The van der Waals surface area contributed by atoms with Crippen LogP contribution >= 0.6 is 0 Å². The van der Waals surface area contributed by atoms with E-state index in [2.05, 4.69) is 5.10 Å². The van der Waals surface area contributed by atoms with Gasteiger partial charge in [0.15, 0.2) is 6.79 Å². The van der Waals surface area contributed by atoms with E-state index in [4.69, 9.17) is 14.2 Å². The Hall–Kier alpha value is -3.20. The van der Waals surface area contributed by atoms with Gasteiger partial charge in [-0.1, -0.05) is 0 Å². The predicted molar refractivity (Wildman–Crippen MR) is 85.6 cm³/mol. The number of carbonyl (C=O) groups is 1. The topological polar surface area (TPSA) is 106 Å². The Labute approximate surface area is 142 Å². The van der Waals surface area contributed by atoms with Crippen LogP contribution in [0.3, 0.4) is 0 Å². The van der Waals surface area contributed by atoms with Crippen LogP contribution in [0.1, 0.15) is 11.1 Å². The Balaban J connectivity index is 1.68. The van der Waals surface area contributed by atoms with Crippen molar-refractivity contribution in [1.82, 2.24) is 9.78 Å². The molecular weight excluding hydrogens is 330 g/mol. The predicted octanol–water partition coefficient (Wildman–Crippen LogP) is 1.91. The van der Waals surface area contributed by atoms with Gasteiger partial charge in [0.05, 0.1) is 18.1 Å². The van der Waals surface area contributed by atoms with E-state index in [1.54, 1.807) is 23.1 Å². The van der Waals surface area contributed by atoms with Crippen LogP contribution in [0.25, 0.3) is 6.08 Å². The van der Waals surface area contributed by atoms with Gasteiger partial charge in [-0.3, -0.25) is 14.8 Å². The molecule has 0 saturated heterocycles. The molecule has 9 heteroatoms. The molecule has 2 heterocycles. The number of aromatic nitrogens is 2. The van der Waals surface area contributed by atoms with E-state index < -0.39 is 10.9 Å². The molecule has 1 aliphatic heterocycles. The van der Waals surface area contributed by atoms with E-state index in [1.807, 2.05) is 0 Å². The highest BCUT2D eigenvalue weighted by molar-refractivity contribution is 5.88. The van der Waals surface area contributed by atoms with Crippen LogP contribution in [0, 0.1) is 10.1 Å². The Morgan fingerprint density at radius 3 is 3.12 bits per heavy atom. The third-order valence-corrected chi connectivity index (χ3v) is 3.46. The van der Waals surface area contributed by atoms with Gasteiger partial charge in [0, 0.05) is 41.7 Å². The van der Waals surface area contributed by atoms with Crippen molar-refractivity contribution in [3.63, 3.8) is 0 Å². The molecule has 0 bridgehead atoms. The van der Waals surface area contributed by atoms with Crippen LogP contribution in [-0.2, 0) is 27.4 Å². The average Bonchev–Trinajstić information content (AvgIpc) is 3.12. The fraction of sp³-hybridized carbons (Fsp3) is 0.250. The lowest BCUT2D eigenvalue weighted by Crippen LogP contribution is -2.13. The maximum Gasteiger partial charge on any atom is 0.330 e. The Morgan fingerprint density at radius 2 is 2.36 bits per heavy atom. The standard InChI is InChI=1S/C16H15N3O6/c20-15(24-7-6-18-5-1-4-17-18)3-2-12-8-14(19(21)22)9-13-10-23-11-25-16(12)13/h1-5,8-9H,6-7,10-11H2/b3-2-. The van der Waals surface area contributed by atoms with E-state index in [0.29, 0.717) is 23.4 Å². The van der Waals surface area contributed by atoms with Crippen molar-refractivity contribution in [2.75, 3.05) is 13.4 Å².